The molecule has 0 amide bonds. The maximum absolute atomic E-state index is 16.9. The molecule has 1 nitrogen and oxygen atoms in total. The Morgan fingerprint density at radius 3 is 1.31 bits per heavy atom. The van der Waals surface area contributed by atoms with Crippen molar-refractivity contribution >= 4 is 48.9 Å². The van der Waals surface area contributed by atoms with Crippen molar-refractivity contribution in [2.45, 2.75) is 87.4 Å². The molecule has 5 aromatic carbocycles. The maximum Gasteiger partial charge on any atom is 0.258 e. The molecular weight excluding hydrogens is 850 g/mol. The molecule has 0 bridgehead atoms. The lowest BCUT2D eigenvalue weighted by molar-refractivity contribution is 0.382. The average Bonchev–Trinajstić information content (AvgIpc) is 3.19. The summed E-state index contributed by atoms with van der Waals surface area (Å²) < 4.78 is 161. The second-order valence-corrected chi connectivity index (χ2v) is 24.3. The summed E-state index contributed by atoms with van der Waals surface area (Å²) in [5.41, 5.74) is 1.98. The number of halogens is 10. The third-order valence-electron chi connectivity index (χ3n) is 11.3. The molecular formula is C48H49BF10NPSi. The number of unbranched alkanes of at least 4 members (excludes halogenated alkanes) is 1. The topological polar surface area (TPSA) is 4.36 Å². The highest BCUT2D eigenvalue weighted by atomic mass is 31.1. The molecule has 0 fully saturated rings. The van der Waals surface area contributed by atoms with Crippen LogP contribution in [0.25, 0.3) is 10.0 Å². The van der Waals surface area contributed by atoms with E-state index in [0.717, 1.165) is 44.0 Å². The molecule has 0 saturated heterocycles. The third-order valence-corrected chi connectivity index (χ3v) is 16.6. The average molecular weight is 900 g/mol. The lowest BCUT2D eigenvalue weighted by Crippen LogP contribution is -2.66. The first-order chi connectivity index (χ1) is 29.0. The van der Waals surface area contributed by atoms with E-state index in [2.05, 4.69) is 10.8 Å². The summed E-state index contributed by atoms with van der Waals surface area (Å²) in [5.74, 6) is -22.6. The number of aryl methyl sites for hydroxylation is 6. The summed E-state index contributed by atoms with van der Waals surface area (Å²) in [6.07, 6.45) is -4.30. The van der Waals surface area contributed by atoms with Gasteiger partial charge in [-0.2, -0.15) is 0 Å². The van der Waals surface area contributed by atoms with Crippen molar-refractivity contribution in [3.8, 4) is 5.97 Å². The molecule has 0 spiro atoms. The number of nitrogens with zero attached hydrogens (tertiary/aromatic N) is 1. The van der Waals surface area contributed by atoms with Gasteiger partial charge in [0.2, 0.25) is 0 Å². The molecule has 0 heterocycles. The zero-order chi connectivity index (χ0) is 46.2. The molecule has 0 atom stereocenters. The first kappa shape index (κ1) is 48.4. The fourth-order valence-electron chi connectivity index (χ4n) is 9.17. The monoisotopic (exact) mass is 899 g/mol. The van der Waals surface area contributed by atoms with E-state index in [-0.39, 0.29) is 29.8 Å². The summed E-state index contributed by atoms with van der Waals surface area (Å²) in [5, 5.41) is 2.06. The first-order valence-corrected chi connectivity index (χ1v) is 25.4. The second kappa shape index (κ2) is 19.0. The third kappa shape index (κ3) is 8.92. The van der Waals surface area contributed by atoms with Crippen LogP contribution in [0.4, 0.5) is 43.9 Å². The number of rotatable bonds is 12. The Labute approximate surface area is 359 Å². The molecule has 0 aliphatic heterocycles. The van der Waals surface area contributed by atoms with Gasteiger partial charge in [0.25, 0.3) is 12.7 Å². The van der Waals surface area contributed by atoms with Crippen molar-refractivity contribution in [2.24, 2.45) is 0 Å². The van der Waals surface area contributed by atoms with E-state index in [1.807, 2.05) is 65.8 Å². The van der Waals surface area contributed by atoms with Gasteiger partial charge in [0, 0.05) is 6.42 Å². The molecule has 0 aromatic heterocycles. The largest absolute Gasteiger partial charge is 0.258 e. The predicted molar refractivity (Wildman–Crippen MR) is 238 cm³/mol. The van der Waals surface area contributed by atoms with Crippen LogP contribution in [0.1, 0.15) is 65.1 Å². The Morgan fingerprint density at radius 1 is 0.581 bits per heavy atom. The van der Waals surface area contributed by atoms with Crippen molar-refractivity contribution in [3.63, 3.8) is 0 Å². The first-order valence-electron chi connectivity index (χ1n) is 20.4. The van der Waals surface area contributed by atoms with Gasteiger partial charge < -0.3 is 0 Å². The van der Waals surface area contributed by atoms with Crippen LogP contribution >= 0.6 is 7.92 Å². The molecule has 14 heteroatoms. The molecule has 328 valence electrons. The highest BCUT2D eigenvalue weighted by Gasteiger charge is 2.50. The van der Waals surface area contributed by atoms with Gasteiger partial charge in [-0.15, -0.1) is 15.8 Å². The van der Waals surface area contributed by atoms with Gasteiger partial charge >= 0.3 is 0 Å². The lowest BCUT2D eigenvalue weighted by Gasteiger charge is -2.42. The van der Waals surface area contributed by atoms with Crippen molar-refractivity contribution in [2.75, 3.05) is 12.7 Å². The normalized spacial score (nSPS) is 12.5. The van der Waals surface area contributed by atoms with Gasteiger partial charge in [0.1, 0.15) is 23.3 Å². The molecule has 0 aliphatic carbocycles. The van der Waals surface area contributed by atoms with Crippen LogP contribution in [0.5, 0.6) is 0 Å². The van der Waals surface area contributed by atoms with Gasteiger partial charge in [-0.25, -0.2) is 49.4 Å². The van der Waals surface area contributed by atoms with Crippen LogP contribution in [0.2, 0.25) is 19.6 Å². The Bertz CT molecular complexity index is 2420. The number of benzene rings is 5. The quantitative estimate of drug-likeness (QED) is 0.0293. The Morgan fingerprint density at radius 2 is 0.952 bits per heavy atom. The standard InChI is InChI=1S/C48H49BF10NPSi/c1-11-12-19-60-25-49(34-36(50)40(54)44(58)41(55)37(34)51,35-38(52)42(56)45(59)43(57)39(35)53)33(48(62(8,9)10)32-16-14-13-15-17-32)18-20-61(46-28(4)21-26(2)22-29(46)5)47-30(6)23-27(3)24-31(47)7/h13-17,21-24H,11-12,18-20H2,1-10H3/b48-33-. The summed E-state index contributed by atoms with van der Waals surface area (Å²) in [6, 6.07) is 16.1. The minimum atomic E-state index is -4.67. The Balaban J connectivity index is 2.14. The minimum absolute atomic E-state index is 0.0336. The molecule has 62 heavy (non-hydrogen) atoms. The van der Waals surface area contributed by atoms with E-state index in [4.69, 9.17) is 0 Å². The van der Waals surface area contributed by atoms with Gasteiger partial charge in [0.15, 0.2) is 34.9 Å². The summed E-state index contributed by atoms with van der Waals surface area (Å²) in [6.45, 7) is 18.5. The van der Waals surface area contributed by atoms with Gasteiger partial charge in [-0.1, -0.05) is 104 Å². The van der Waals surface area contributed by atoms with Crippen LogP contribution in [-0.4, -0.2) is 26.9 Å². The fraction of sp³-hybridized carbons (Fsp3) is 0.312. The second-order valence-electron chi connectivity index (χ2n) is 17.1. The van der Waals surface area contributed by atoms with Crippen LogP contribution in [-0.2, 0) is 0 Å². The van der Waals surface area contributed by atoms with E-state index in [9.17, 15) is 8.78 Å². The SMILES string of the molecule is CCCC[N+]#C[B-](/C(CCP(c1c(C)cc(C)cc1C)c1c(C)cc(C)cc1C)=C(/c1ccccc1)[Si](C)(C)C)(c1c(F)c(F)c(F)c(F)c1F)c1c(F)c(F)c(F)c(F)c1F. The van der Waals surface area contributed by atoms with E-state index >= 15 is 35.1 Å². The van der Waals surface area contributed by atoms with E-state index < -0.39 is 97.7 Å². The number of hydrogen-bond acceptors (Lipinski definition) is 0. The van der Waals surface area contributed by atoms with Crippen molar-refractivity contribution in [1.82, 2.24) is 0 Å². The molecule has 0 radical (unpaired) electrons. The molecule has 0 saturated carbocycles. The van der Waals surface area contributed by atoms with Crippen molar-refractivity contribution in [1.29, 1.82) is 0 Å². The summed E-state index contributed by atoms with van der Waals surface area (Å²) in [7, 11) is -4.70. The van der Waals surface area contributed by atoms with Gasteiger partial charge in [0.05, 0.1) is 14.0 Å². The van der Waals surface area contributed by atoms with E-state index in [0.29, 0.717) is 12.0 Å². The van der Waals surface area contributed by atoms with E-state index in [1.165, 1.54) is 0 Å². The smallest absolute Gasteiger partial charge is 0.207 e. The van der Waals surface area contributed by atoms with Crippen LogP contribution in [0, 0.1) is 106 Å². The Kier molecular flexibility index (Phi) is 14.8. The number of hydrogen-bond donors (Lipinski definition) is 0. The van der Waals surface area contributed by atoms with Gasteiger partial charge in [-0.05, 0) is 100 Å². The van der Waals surface area contributed by atoms with Crippen molar-refractivity contribution in [3.05, 3.63) is 162 Å². The summed E-state index contributed by atoms with van der Waals surface area (Å²) in [4.78, 5) is 4.23. The predicted octanol–water partition coefficient (Wildman–Crippen LogP) is 12.6. The fourth-order valence-corrected chi connectivity index (χ4v) is 14.6. The molecule has 0 aliphatic rings. The van der Waals surface area contributed by atoms with E-state index in [1.54, 1.807) is 56.9 Å². The minimum Gasteiger partial charge on any atom is -0.207 e. The zero-order valence-electron chi connectivity index (χ0n) is 36.5. The molecule has 0 N–H and O–H groups in total. The molecule has 0 unspecified atom stereocenters. The summed E-state index contributed by atoms with van der Waals surface area (Å²) >= 11 is 0. The highest BCUT2D eigenvalue weighted by molar-refractivity contribution is 7.73. The maximum atomic E-state index is 16.9. The van der Waals surface area contributed by atoms with Crippen LogP contribution in [0.15, 0.2) is 60.1 Å². The number of allylic oxidation sites excluding steroid dienone is 1. The van der Waals surface area contributed by atoms with Gasteiger partial charge in [-0.3, -0.25) is 0 Å². The Hall–Kier alpha value is -4.66. The zero-order valence-corrected chi connectivity index (χ0v) is 38.4. The highest BCUT2D eigenvalue weighted by Crippen LogP contribution is 2.45. The van der Waals surface area contributed by atoms with Crippen LogP contribution < -0.4 is 21.5 Å². The molecule has 5 rings (SSSR count). The lowest BCUT2D eigenvalue weighted by atomic mass is 9.15. The molecule has 5 aromatic rings. The van der Waals surface area contributed by atoms with Crippen LogP contribution in [0.3, 0.4) is 0 Å². The van der Waals surface area contributed by atoms with Crippen molar-refractivity contribution < 1.29 is 43.9 Å².